The molecule has 2 rings (SSSR count). The molecule has 1 amide bonds. The lowest BCUT2D eigenvalue weighted by Gasteiger charge is -2.21. The highest BCUT2D eigenvalue weighted by Gasteiger charge is 2.20. The second kappa shape index (κ2) is 10.8. The van der Waals surface area contributed by atoms with E-state index in [1.165, 1.54) is 0 Å². The molecule has 1 aromatic heterocycles. The van der Waals surface area contributed by atoms with Crippen molar-refractivity contribution in [2.75, 3.05) is 33.3 Å². The van der Waals surface area contributed by atoms with E-state index >= 15 is 0 Å². The van der Waals surface area contributed by atoms with Gasteiger partial charge in [0, 0.05) is 36.1 Å². The highest BCUT2D eigenvalue weighted by Crippen LogP contribution is 2.21. The molecular formula is C23H33N3O3. The number of pyridine rings is 1. The smallest absolute Gasteiger partial charge is 0.257 e. The fourth-order valence-electron chi connectivity index (χ4n) is 3.62. The molecule has 0 spiro atoms. The van der Waals surface area contributed by atoms with Gasteiger partial charge < -0.3 is 19.5 Å². The number of rotatable bonds is 10. The second-order valence-electron chi connectivity index (χ2n) is 7.01. The Bertz CT molecular complexity index is 885. The number of carbonyl (C=O) groups excluding carboxylic acids is 1. The Morgan fingerprint density at radius 3 is 2.48 bits per heavy atom. The largest absolute Gasteiger partial charge is 0.496 e. The molecule has 6 nitrogen and oxygen atoms in total. The van der Waals surface area contributed by atoms with Crippen molar-refractivity contribution in [3.05, 3.63) is 63.1 Å². The van der Waals surface area contributed by atoms with Gasteiger partial charge in [0.05, 0.1) is 13.7 Å². The van der Waals surface area contributed by atoms with Crippen molar-refractivity contribution < 1.29 is 9.53 Å². The van der Waals surface area contributed by atoms with Crippen molar-refractivity contribution in [2.45, 2.75) is 40.7 Å². The number of nitrogens with zero attached hydrogens (tertiary/aromatic N) is 2. The van der Waals surface area contributed by atoms with Crippen LogP contribution in [0.4, 0.5) is 0 Å². The van der Waals surface area contributed by atoms with Crippen LogP contribution >= 0.6 is 0 Å². The van der Waals surface area contributed by atoms with Crippen LogP contribution in [0.25, 0.3) is 0 Å². The van der Waals surface area contributed by atoms with Gasteiger partial charge in [0.15, 0.2) is 5.43 Å². The summed E-state index contributed by atoms with van der Waals surface area (Å²) in [5.41, 5.74) is 2.60. The molecule has 0 atom stereocenters. The summed E-state index contributed by atoms with van der Waals surface area (Å²) in [7, 11) is 1.65. The maximum atomic E-state index is 12.9. The van der Waals surface area contributed by atoms with E-state index in [1.54, 1.807) is 13.2 Å². The molecule has 0 saturated carbocycles. The number of hydrogen-bond donors (Lipinski definition) is 1. The average Bonchev–Trinajstić information content (AvgIpc) is 2.72. The predicted octanol–water partition coefficient (Wildman–Crippen LogP) is 2.85. The highest BCUT2D eigenvalue weighted by atomic mass is 16.5. The van der Waals surface area contributed by atoms with E-state index in [-0.39, 0.29) is 16.9 Å². The van der Waals surface area contributed by atoms with Gasteiger partial charge >= 0.3 is 0 Å². The SMILES string of the molecule is CCc1c(C(=O)NCCN(CC)CC)c(=O)cc(C)n1Cc1ccccc1OC. The predicted molar refractivity (Wildman–Crippen MR) is 117 cm³/mol. The third-order valence-corrected chi connectivity index (χ3v) is 5.32. The molecule has 0 radical (unpaired) electrons. The zero-order valence-electron chi connectivity index (χ0n) is 18.2. The summed E-state index contributed by atoms with van der Waals surface area (Å²) < 4.78 is 7.51. The van der Waals surface area contributed by atoms with E-state index in [9.17, 15) is 9.59 Å². The molecule has 1 aromatic carbocycles. The molecule has 0 aliphatic heterocycles. The number of aromatic nitrogens is 1. The minimum absolute atomic E-state index is 0.226. The van der Waals surface area contributed by atoms with Gasteiger partial charge in [-0.15, -0.1) is 0 Å². The molecule has 2 aromatic rings. The Morgan fingerprint density at radius 1 is 1.17 bits per heavy atom. The van der Waals surface area contributed by atoms with Crippen LogP contribution in [0.5, 0.6) is 5.75 Å². The molecule has 0 aliphatic carbocycles. The Hall–Kier alpha value is -2.60. The molecule has 1 N–H and O–H groups in total. The van der Waals surface area contributed by atoms with E-state index in [4.69, 9.17) is 4.74 Å². The van der Waals surface area contributed by atoms with Crippen LogP contribution in [-0.4, -0.2) is 48.7 Å². The third-order valence-electron chi connectivity index (χ3n) is 5.32. The summed E-state index contributed by atoms with van der Waals surface area (Å²) in [4.78, 5) is 27.8. The average molecular weight is 400 g/mol. The van der Waals surface area contributed by atoms with Gasteiger partial charge in [-0.25, -0.2) is 0 Å². The van der Waals surface area contributed by atoms with E-state index < -0.39 is 0 Å². The molecule has 29 heavy (non-hydrogen) atoms. The second-order valence-corrected chi connectivity index (χ2v) is 7.01. The van der Waals surface area contributed by atoms with Gasteiger partial charge in [0.1, 0.15) is 11.3 Å². The van der Waals surface area contributed by atoms with Gasteiger partial charge in [-0.3, -0.25) is 9.59 Å². The molecule has 1 heterocycles. The first-order valence-electron chi connectivity index (χ1n) is 10.3. The number of nitrogens with one attached hydrogen (secondary N) is 1. The maximum Gasteiger partial charge on any atom is 0.257 e. The number of ether oxygens (including phenoxy) is 1. The molecule has 0 aliphatic rings. The molecule has 0 bridgehead atoms. The zero-order valence-corrected chi connectivity index (χ0v) is 18.2. The minimum atomic E-state index is -0.298. The monoisotopic (exact) mass is 399 g/mol. The van der Waals surface area contributed by atoms with Gasteiger partial charge in [-0.05, 0) is 32.5 Å². The summed E-state index contributed by atoms with van der Waals surface area (Å²) in [6.45, 7) is 11.8. The van der Waals surface area contributed by atoms with Crippen molar-refractivity contribution in [3.63, 3.8) is 0 Å². The fraction of sp³-hybridized carbons (Fsp3) is 0.478. The van der Waals surface area contributed by atoms with Crippen LogP contribution in [0.15, 0.2) is 35.1 Å². The quantitative estimate of drug-likeness (QED) is 0.667. The number of amides is 1. The van der Waals surface area contributed by atoms with Crippen LogP contribution in [0.1, 0.15) is 48.1 Å². The van der Waals surface area contributed by atoms with Crippen molar-refractivity contribution in [2.24, 2.45) is 0 Å². The fourth-order valence-corrected chi connectivity index (χ4v) is 3.62. The summed E-state index contributed by atoms with van der Waals surface area (Å²) in [6, 6.07) is 9.35. The Kier molecular flexibility index (Phi) is 8.46. The van der Waals surface area contributed by atoms with Crippen molar-refractivity contribution in [1.82, 2.24) is 14.8 Å². The summed E-state index contributed by atoms with van der Waals surface area (Å²) in [5.74, 6) is 0.491. The van der Waals surface area contributed by atoms with E-state index in [0.717, 1.165) is 42.3 Å². The van der Waals surface area contributed by atoms with Crippen molar-refractivity contribution in [3.8, 4) is 5.75 Å². The lowest BCUT2D eigenvalue weighted by Crippen LogP contribution is -2.38. The van der Waals surface area contributed by atoms with Crippen molar-refractivity contribution >= 4 is 5.91 Å². The maximum absolute atomic E-state index is 12.9. The van der Waals surface area contributed by atoms with Crippen LogP contribution in [0, 0.1) is 6.92 Å². The summed E-state index contributed by atoms with van der Waals surface area (Å²) >= 11 is 0. The summed E-state index contributed by atoms with van der Waals surface area (Å²) in [5, 5.41) is 2.93. The first-order valence-corrected chi connectivity index (χ1v) is 10.3. The van der Waals surface area contributed by atoms with Gasteiger partial charge in [-0.1, -0.05) is 39.0 Å². The van der Waals surface area contributed by atoms with E-state index in [0.29, 0.717) is 19.5 Å². The Balaban J connectivity index is 2.35. The molecule has 0 fully saturated rings. The van der Waals surface area contributed by atoms with Crippen LogP contribution in [0.2, 0.25) is 0 Å². The standard InChI is InChI=1S/C23H33N3O3/c1-6-19-22(23(28)24-13-14-25(7-2)8-3)20(27)15-17(4)26(19)16-18-11-9-10-12-21(18)29-5/h9-12,15H,6-8,13-14,16H2,1-5H3,(H,24,28). The highest BCUT2D eigenvalue weighted by molar-refractivity contribution is 5.95. The molecular weight excluding hydrogens is 366 g/mol. The number of likely N-dealkylation sites (N-methyl/N-ethyl adjacent to an activating group) is 1. The van der Waals surface area contributed by atoms with E-state index in [1.807, 2.05) is 42.7 Å². The minimum Gasteiger partial charge on any atom is -0.496 e. The van der Waals surface area contributed by atoms with Crippen LogP contribution in [0.3, 0.4) is 0 Å². The molecule has 0 saturated heterocycles. The number of carbonyl (C=O) groups is 1. The number of aryl methyl sites for hydroxylation is 1. The van der Waals surface area contributed by atoms with Gasteiger partial charge in [0.2, 0.25) is 0 Å². The van der Waals surface area contributed by atoms with E-state index in [2.05, 4.69) is 24.1 Å². The number of methoxy groups -OCH3 is 1. The zero-order chi connectivity index (χ0) is 21.4. The first kappa shape index (κ1) is 22.7. The lowest BCUT2D eigenvalue weighted by atomic mass is 10.1. The Labute approximate surface area is 173 Å². The number of hydrogen-bond acceptors (Lipinski definition) is 4. The number of para-hydroxylation sites is 1. The lowest BCUT2D eigenvalue weighted by molar-refractivity contribution is 0.0946. The normalized spacial score (nSPS) is 11.0. The van der Waals surface area contributed by atoms with Gasteiger partial charge in [-0.2, -0.15) is 0 Å². The first-order chi connectivity index (χ1) is 14.0. The van der Waals surface area contributed by atoms with Gasteiger partial charge in [0.25, 0.3) is 5.91 Å². The number of benzene rings is 1. The van der Waals surface area contributed by atoms with Crippen LogP contribution in [-0.2, 0) is 13.0 Å². The Morgan fingerprint density at radius 2 is 1.86 bits per heavy atom. The molecule has 0 unspecified atom stereocenters. The molecule has 6 heteroatoms. The molecule has 158 valence electrons. The summed E-state index contributed by atoms with van der Waals surface area (Å²) in [6.07, 6.45) is 0.588. The third kappa shape index (κ3) is 5.48. The topological polar surface area (TPSA) is 63.6 Å². The van der Waals surface area contributed by atoms with Crippen LogP contribution < -0.4 is 15.5 Å². The van der Waals surface area contributed by atoms with Crippen molar-refractivity contribution in [1.29, 1.82) is 0 Å².